The van der Waals surface area contributed by atoms with Crippen LogP contribution in [0.5, 0.6) is 5.75 Å². The Kier molecular flexibility index (Phi) is 4.90. The minimum absolute atomic E-state index is 0.0468. The molecule has 0 saturated heterocycles. The van der Waals surface area contributed by atoms with Crippen molar-refractivity contribution in [1.82, 2.24) is 0 Å². The number of aromatic hydroxyl groups is 1. The van der Waals surface area contributed by atoms with Crippen LogP contribution in [0.2, 0.25) is 10.0 Å². The average molecular weight is 340 g/mol. The number of hydrogen-bond donors (Lipinski definition) is 2. The standard InChI is InChI=1S/C15H11Cl2NO4/c1-22-15(21)10-7-9(3-5-13(10)19)18-14(20)8-2-4-11(16)12(17)6-8/h2-7,19H,1H3,(H,18,20). The van der Waals surface area contributed by atoms with Crippen molar-refractivity contribution < 1.29 is 19.4 Å². The number of esters is 1. The van der Waals surface area contributed by atoms with Crippen molar-refractivity contribution in [2.45, 2.75) is 0 Å². The summed E-state index contributed by atoms with van der Waals surface area (Å²) in [5, 5.41) is 12.8. The van der Waals surface area contributed by atoms with E-state index >= 15 is 0 Å². The second kappa shape index (κ2) is 6.68. The van der Waals surface area contributed by atoms with E-state index < -0.39 is 11.9 Å². The molecule has 0 fully saturated rings. The molecule has 2 aromatic rings. The highest BCUT2D eigenvalue weighted by Gasteiger charge is 2.14. The zero-order valence-corrected chi connectivity index (χ0v) is 12.9. The molecule has 0 saturated carbocycles. The zero-order chi connectivity index (χ0) is 16.3. The first-order valence-corrected chi connectivity index (χ1v) is 6.85. The van der Waals surface area contributed by atoms with Crippen LogP contribution in [0.3, 0.4) is 0 Å². The van der Waals surface area contributed by atoms with E-state index in [0.717, 1.165) is 0 Å². The van der Waals surface area contributed by atoms with Crippen molar-refractivity contribution >= 4 is 40.8 Å². The van der Waals surface area contributed by atoms with Crippen LogP contribution in [-0.4, -0.2) is 24.1 Å². The lowest BCUT2D eigenvalue weighted by atomic mass is 10.1. The topological polar surface area (TPSA) is 75.6 Å². The predicted molar refractivity (Wildman–Crippen MR) is 83.9 cm³/mol. The summed E-state index contributed by atoms with van der Waals surface area (Å²) in [6.45, 7) is 0. The van der Waals surface area contributed by atoms with Gasteiger partial charge in [-0.15, -0.1) is 0 Å². The van der Waals surface area contributed by atoms with Gasteiger partial charge in [0.25, 0.3) is 5.91 Å². The van der Waals surface area contributed by atoms with Crippen LogP contribution in [-0.2, 0) is 4.74 Å². The Hall–Kier alpha value is -2.24. The third-order valence-corrected chi connectivity index (χ3v) is 3.58. The summed E-state index contributed by atoms with van der Waals surface area (Å²) in [5.74, 6) is -1.37. The summed E-state index contributed by atoms with van der Waals surface area (Å²) in [4.78, 5) is 23.6. The molecule has 114 valence electrons. The first-order valence-electron chi connectivity index (χ1n) is 6.10. The van der Waals surface area contributed by atoms with Crippen molar-refractivity contribution in [2.75, 3.05) is 12.4 Å². The number of halogens is 2. The fourth-order valence-electron chi connectivity index (χ4n) is 1.73. The summed E-state index contributed by atoms with van der Waals surface area (Å²) in [5.41, 5.74) is 0.589. The molecule has 5 nitrogen and oxygen atoms in total. The molecular formula is C15H11Cl2NO4. The van der Waals surface area contributed by atoms with Gasteiger partial charge in [-0.3, -0.25) is 4.79 Å². The number of amides is 1. The van der Waals surface area contributed by atoms with Gasteiger partial charge in [0.2, 0.25) is 0 Å². The number of ether oxygens (including phenoxy) is 1. The molecule has 0 spiro atoms. The van der Waals surface area contributed by atoms with Crippen molar-refractivity contribution in [3.63, 3.8) is 0 Å². The van der Waals surface area contributed by atoms with Gasteiger partial charge in [0.15, 0.2) is 0 Å². The van der Waals surface area contributed by atoms with Crippen molar-refractivity contribution in [3.8, 4) is 5.75 Å². The predicted octanol–water partition coefficient (Wildman–Crippen LogP) is 3.74. The Balaban J connectivity index is 2.24. The van der Waals surface area contributed by atoms with Crippen LogP contribution in [0.4, 0.5) is 5.69 Å². The molecule has 0 heterocycles. The molecule has 0 bridgehead atoms. The zero-order valence-electron chi connectivity index (χ0n) is 11.4. The van der Waals surface area contributed by atoms with E-state index in [4.69, 9.17) is 23.2 Å². The molecule has 0 radical (unpaired) electrons. The molecule has 0 aliphatic heterocycles. The quantitative estimate of drug-likeness (QED) is 0.659. The first-order chi connectivity index (χ1) is 10.4. The molecule has 0 unspecified atom stereocenters. The van der Waals surface area contributed by atoms with Crippen LogP contribution in [0.15, 0.2) is 36.4 Å². The number of nitrogens with one attached hydrogen (secondary N) is 1. The third-order valence-electron chi connectivity index (χ3n) is 2.84. The Morgan fingerprint density at radius 1 is 1.09 bits per heavy atom. The SMILES string of the molecule is COC(=O)c1cc(NC(=O)c2ccc(Cl)c(Cl)c2)ccc1O. The minimum Gasteiger partial charge on any atom is -0.507 e. The number of anilines is 1. The van der Waals surface area contributed by atoms with Gasteiger partial charge in [0.1, 0.15) is 11.3 Å². The third kappa shape index (κ3) is 3.50. The summed E-state index contributed by atoms with van der Waals surface area (Å²) in [7, 11) is 1.20. The van der Waals surface area contributed by atoms with Crippen LogP contribution in [0.1, 0.15) is 20.7 Å². The number of carbonyl (C=O) groups excluding carboxylic acids is 2. The number of hydrogen-bond acceptors (Lipinski definition) is 4. The van der Waals surface area contributed by atoms with Gasteiger partial charge >= 0.3 is 5.97 Å². The van der Waals surface area contributed by atoms with Crippen molar-refractivity contribution in [2.24, 2.45) is 0 Å². The molecule has 0 aliphatic carbocycles. The molecule has 0 atom stereocenters. The van der Waals surface area contributed by atoms with E-state index in [0.29, 0.717) is 16.3 Å². The van der Waals surface area contributed by atoms with Crippen LogP contribution in [0.25, 0.3) is 0 Å². The molecule has 1 amide bonds. The van der Waals surface area contributed by atoms with Crippen LogP contribution >= 0.6 is 23.2 Å². The van der Waals surface area contributed by atoms with E-state index in [1.165, 1.54) is 43.5 Å². The second-order valence-electron chi connectivity index (χ2n) is 4.31. The fraction of sp³-hybridized carbons (Fsp3) is 0.0667. The Morgan fingerprint density at radius 3 is 2.45 bits per heavy atom. The fourth-order valence-corrected chi connectivity index (χ4v) is 2.03. The smallest absolute Gasteiger partial charge is 0.341 e. The van der Waals surface area contributed by atoms with Crippen molar-refractivity contribution in [1.29, 1.82) is 0 Å². The summed E-state index contributed by atoms with van der Waals surface area (Å²) >= 11 is 11.7. The number of benzene rings is 2. The van der Waals surface area contributed by atoms with E-state index in [1.54, 1.807) is 0 Å². The second-order valence-corrected chi connectivity index (χ2v) is 5.12. The molecule has 2 rings (SSSR count). The van der Waals surface area contributed by atoms with Gasteiger partial charge in [0.05, 0.1) is 17.2 Å². The highest BCUT2D eigenvalue weighted by atomic mass is 35.5. The molecule has 2 N–H and O–H groups in total. The van der Waals surface area contributed by atoms with Gasteiger partial charge < -0.3 is 15.2 Å². The number of rotatable bonds is 3. The molecule has 7 heteroatoms. The lowest BCUT2D eigenvalue weighted by Gasteiger charge is -2.09. The monoisotopic (exact) mass is 339 g/mol. The van der Waals surface area contributed by atoms with E-state index in [-0.39, 0.29) is 16.3 Å². The van der Waals surface area contributed by atoms with E-state index in [2.05, 4.69) is 10.1 Å². The van der Waals surface area contributed by atoms with E-state index in [1.807, 2.05) is 0 Å². The van der Waals surface area contributed by atoms with Gasteiger partial charge in [0, 0.05) is 11.3 Å². The first kappa shape index (κ1) is 16.1. The van der Waals surface area contributed by atoms with Gasteiger partial charge in [-0.25, -0.2) is 4.79 Å². The number of phenols is 1. The van der Waals surface area contributed by atoms with Gasteiger partial charge in [-0.05, 0) is 36.4 Å². The maximum Gasteiger partial charge on any atom is 0.341 e. The lowest BCUT2D eigenvalue weighted by molar-refractivity contribution is 0.0597. The number of carbonyl (C=O) groups is 2. The molecule has 2 aromatic carbocycles. The molecule has 22 heavy (non-hydrogen) atoms. The van der Waals surface area contributed by atoms with Crippen molar-refractivity contribution in [3.05, 3.63) is 57.6 Å². The Bertz CT molecular complexity index is 746. The Morgan fingerprint density at radius 2 is 1.82 bits per heavy atom. The van der Waals surface area contributed by atoms with Crippen LogP contribution < -0.4 is 5.32 Å². The number of methoxy groups -OCH3 is 1. The maximum absolute atomic E-state index is 12.1. The summed E-state index contributed by atoms with van der Waals surface area (Å²) in [6.07, 6.45) is 0. The van der Waals surface area contributed by atoms with Gasteiger partial charge in [-0.2, -0.15) is 0 Å². The lowest BCUT2D eigenvalue weighted by Crippen LogP contribution is -2.12. The summed E-state index contributed by atoms with van der Waals surface area (Å²) in [6, 6.07) is 8.52. The van der Waals surface area contributed by atoms with E-state index in [9.17, 15) is 14.7 Å². The molecule has 0 aliphatic rings. The highest BCUT2D eigenvalue weighted by Crippen LogP contribution is 2.25. The minimum atomic E-state index is -0.705. The van der Waals surface area contributed by atoms with Crippen LogP contribution in [0, 0.1) is 0 Å². The normalized spacial score (nSPS) is 10.1. The maximum atomic E-state index is 12.1. The highest BCUT2D eigenvalue weighted by molar-refractivity contribution is 6.42. The largest absolute Gasteiger partial charge is 0.507 e. The molecule has 0 aromatic heterocycles. The molecular weight excluding hydrogens is 329 g/mol. The number of phenolic OH excluding ortho intramolecular Hbond substituents is 1. The Labute approximate surface area is 136 Å². The van der Waals surface area contributed by atoms with Gasteiger partial charge in [-0.1, -0.05) is 23.2 Å². The average Bonchev–Trinajstić information content (AvgIpc) is 2.51. The summed E-state index contributed by atoms with van der Waals surface area (Å²) < 4.78 is 4.55.